The van der Waals surface area contributed by atoms with Gasteiger partial charge < -0.3 is 4.74 Å². The van der Waals surface area contributed by atoms with Crippen LogP contribution in [-0.4, -0.2) is 12.6 Å². The number of ether oxygens (including phenoxy) is 1. The minimum Gasteiger partial charge on any atom is -0.461 e. The summed E-state index contributed by atoms with van der Waals surface area (Å²) in [6, 6.07) is 36.9. The second-order valence-electron chi connectivity index (χ2n) is 8.89. The summed E-state index contributed by atoms with van der Waals surface area (Å²) >= 11 is 0. The van der Waals surface area contributed by atoms with Gasteiger partial charge in [0.15, 0.2) is 0 Å². The quantitative estimate of drug-likeness (QED) is 0.294. The molecular formula is C33H24O2. The van der Waals surface area contributed by atoms with E-state index in [1.807, 2.05) is 66.7 Å². The lowest BCUT2D eigenvalue weighted by molar-refractivity contribution is -0.138. The molecule has 168 valence electrons. The second kappa shape index (κ2) is 8.73. The van der Waals surface area contributed by atoms with Gasteiger partial charge in [0, 0.05) is 11.5 Å². The van der Waals surface area contributed by atoms with Gasteiger partial charge in [-0.1, -0.05) is 116 Å². The van der Waals surface area contributed by atoms with E-state index in [4.69, 9.17) is 4.74 Å². The van der Waals surface area contributed by atoms with E-state index in [0.29, 0.717) is 12.2 Å². The van der Waals surface area contributed by atoms with Crippen molar-refractivity contribution in [3.05, 3.63) is 155 Å². The molecule has 2 heteroatoms. The molecule has 2 aliphatic rings. The smallest absolute Gasteiger partial charge is 0.338 e. The van der Waals surface area contributed by atoms with E-state index in [0.717, 1.165) is 27.8 Å². The van der Waals surface area contributed by atoms with Gasteiger partial charge in [-0.05, 0) is 50.6 Å². The van der Waals surface area contributed by atoms with Crippen LogP contribution in [-0.2, 0) is 9.53 Å². The number of benzene rings is 4. The Morgan fingerprint density at radius 2 is 1.14 bits per heavy atom. The number of rotatable bonds is 5. The predicted molar refractivity (Wildman–Crippen MR) is 142 cm³/mol. The molecule has 35 heavy (non-hydrogen) atoms. The van der Waals surface area contributed by atoms with E-state index in [2.05, 4.69) is 55.1 Å². The molecule has 0 heterocycles. The van der Waals surface area contributed by atoms with Crippen LogP contribution >= 0.6 is 0 Å². The lowest BCUT2D eigenvalue weighted by atomic mass is 9.92. The predicted octanol–water partition coefficient (Wildman–Crippen LogP) is 7.45. The molecule has 0 radical (unpaired) electrons. The number of hydrogen-bond acceptors (Lipinski definition) is 2. The molecule has 0 fully saturated rings. The van der Waals surface area contributed by atoms with Crippen LogP contribution in [0.15, 0.2) is 133 Å². The molecule has 0 unspecified atom stereocenters. The van der Waals surface area contributed by atoms with Crippen LogP contribution < -0.4 is 0 Å². The Balaban J connectivity index is 1.34. The average Bonchev–Trinajstić information content (AvgIpc) is 3.43. The first-order valence-electron chi connectivity index (χ1n) is 11.8. The van der Waals surface area contributed by atoms with E-state index in [1.54, 1.807) is 0 Å². The largest absolute Gasteiger partial charge is 0.461 e. The maximum atomic E-state index is 13.6. The second-order valence-corrected chi connectivity index (χ2v) is 8.89. The summed E-state index contributed by atoms with van der Waals surface area (Å²) in [6.07, 6.45) is 1.86. The summed E-state index contributed by atoms with van der Waals surface area (Å²) < 4.78 is 6.03. The van der Waals surface area contributed by atoms with Crippen molar-refractivity contribution < 1.29 is 9.53 Å². The minimum absolute atomic E-state index is 0.0225. The topological polar surface area (TPSA) is 26.3 Å². The maximum Gasteiger partial charge on any atom is 0.338 e. The number of fused-ring (bicyclic) bond motifs is 3. The number of allylic oxidation sites excluding steroid dienone is 3. The van der Waals surface area contributed by atoms with E-state index in [9.17, 15) is 4.79 Å². The fraction of sp³-hybridized carbons (Fsp3) is 0.0606. The van der Waals surface area contributed by atoms with Crippen molar-refractivity contribution in [1.82, 2.24) is 0 Å². The van der Waals surface area contributed by atoms with Crippen LogP contribution in [0, 0.1) is 0 Å². The summed E-state index contributed by atoms with van der Waals surface area (Å²) in [5.74, 6) is -0.299. The lowest BCUT2D eigenvalue weighted by Crippen LogP contribution is -2.14. The molecule has 0 N–H and O–H groups in total. The van der Waals surface area contributed by atoms with Crippen molar-refractivity contribution >= 4 is 17.1 Å². The van der Waals surface area contributed by atoms with Gasteiger partial charge in [0.1, 0.15) is 6.61 Å². The van der Waals surface area contributed by atoms with Gasteiger partial charge in [-0.3, -0.25) is 0 Å². The highest BCUT2D eigenvalue weighted by atomic mass is 16.5. The third-order valence-electron chi connectivity index (χ3n) is 6.85. The SMILES string of the molecule is C=C1C=C(C(=O)OCC2c3ccccc3-c3ccccc32)C(c2ccccc2)=C1c1ccccc1. The normalized spacial score (nSPS) is 14.5. The van der Waals surface area contributed by atoms with Crippen molar-refractivity contribution in [1.29, 1.82) is 0 Å². The summed E-state index contributed by atoms with van der Waals surface area (Å²) in [5.41, 5.74) is 10.1. The van der Waals surface area contributed by atoms with Crippen LogP contribution in [0.2, 0.25) is 0 Å². The molecular weight excluding hydrogens is 428 g/mol. The molecule has 2 nitrogen and oxygen atoms in total. The molecule has 0 saturated heterocycles. The van der Waals surface area contributed by atoms with Gasteiger partial charge in [0.05, 0.1) is 5.57 Å². The average molecular weight is 453 g/mol. The number of carbonyl (C=O) groups is 1. The van der Waals surface area contributed by atoms with E-state index < -0.39 is 0 Å². The standard InChI is InChI=1S/C33H24O2/c1-22-20-29(32(24-14-6-3-7-15-24)31(22)23-12-4-2-5-13-23)33(34)35-21-30-27-18-10-8-16-25(27)26-17-9-11-19-28(26)30/h2-20,30H,1,21H2. The highest BCUT2D eigenvalue weighted by Crippen LogP contribution is 2.46. The Morgan fingerprint density at radius 3 is 1.71 bits per heavy atom. The molecule has 0 amide bonds. The van der Waals surface area contributed by atoms with Gasteiger partial charge in [-0.25, -0.2) is 4.79 Å². The molecule has 2 aliphatic carbocycles. The Hall–Kier alpha value is -4.43. The number of esters is 1. The molecule has 0 aromatic heterocycles. The monoisotopic (exact) mass is 452 g/mol. The molecule has 0 aliphatic heterocycles. The van der Waals surface area contributed by atoms with Gasteiger partial charge in [-0.15, -0.1) is 0 Å². The van der Waals surface area contributed by atoms with Crippen molar-refractivity contribution in [3.8, 4) is 11.1 Å². The fourth-order valence-corrected chi connectivity index (χ4v) is 5.29. The van der Waals surface area contributed by atoms with E-state index in [1.165, 1.54) is 22.3 Å². The van der Waals surface area contributed by atoms with Crippen LogP contribution in [0.25, 0.3) is 22.3 Å². The van der Waals surface area contributed by atoms with Crippen LogP contribution in [0.3, 0.4) is 0 Å². The van der Waals surface area contributed by atoms with Crippen LogP contribution in [0.5, 0.6) is 0 Å². The van der Waals surface area contributed by atoms with Gasteiger partial charge >= 0.3 is 5.97 Å². The highest BCUT2D eigenvalue weighted by molar-refractivity contribution is 6.20. The van der Waals surface area contributed by atoms with Crippen molar-refractivity contribution in [2.24, 2.45) is 0 Å². The Morgan fingerprint density at radius 1 is 0.657 bits per heavy atom. The first-order valence-corrected chi connectivity index (χ1v) is 11.8. The van der Waals surface area contributed by atoms with Gasteiger partial charge in [0.25, 0.3) is 0 Å². The Kier molecular flexibility index (Phi) is 5.27. The summed E-state index contributed by atoms with van der Waals surface area (Å²) in [6.45, 7) is 4.57. The lowest BCUT2D eigenvalue weighted by Gasteiger charge is -2.16. The van der Waals surface area contributed by atoms with Crippen LogP contribution in [0.1, 0.15) is 28.2 Å². The first kappa shape index (κ1) is 21.1. The summed E-state index contributed by atoms with van der Waals surface area (Å²) in [7, 11) is 0. The summed E-state index contributed by atoms with van der Waals surface area (Å²) in [4.78, 5) is 13.6. The van der Waals surface area contributed by atoms with E-state index >= 15 is 0 Å². The molecule has 0 spiro atoms. The van der Waals surface area contributed by atoms with Gasteiger partial charge in [-0.2, -0.15) is 0 Å². The Bertz CT molecular complexity index is 1460. The molecule has 6 rings (SSSR count). The third kappa shape index (κ3) is 3.64. The first-order chi connectivity index (χ1) is 17.2. The molecule has 4 aromatic rings. The van der Waals surface area contributed by atoms with Crippen molar-refractivity contribution in [3.63, 3.8) is 0 Å². The number of carbonyl (C=O) groups excluding carboxylic acids is 1. The zero-order chi connectivity index (χ0) is 23.8. The maximum absolute atomic E-state index is 13.6. The van der Waals surface area contributed by atoms with Gasteiger partial charge in [0.2, 0.25) is 0 Å². The highest BCUT2D eigenvalue weighted by Gasteiger charge is 2.32. The molecule has 0 atom stereocenters. The molecule has 0 saturated carbocycles. The van der Waals surface area contributed by atoms with Crippen molar-refractivity contribution in [2.75, 3.05) is 6.61 Å². The Labute approximate surface area is 205 Å². The third-order valence-corrected chi connectivity index (χ3v) is 6.85. The minimum atomic E-state index is -0.321. The van der Waals surface area contributed by atoms with Crippen molar-refractivity contribution in [2.45, 2.75) is 5.92 Å². The number of hydrogen-bond donors (Lipinski definition) is 0. The fourth-order valence-electron chi connectivity index (χ4n) is 5.29. The zero-order valence-corrected chi connectivity index (χ0v) is 19.3. The molecule has 0 bridgehead atoms. The summed E-state index contributed by atoms with van der Waals surface area (Å²) in [5, 5.41) is 0. The van der Waals surface area contributed by atoms with Crippen LogP contribution in [0.4, 0.5) is 0 Å². The van der Waals surface area contributed by atoms with E-state index in [-0.39, 0.29) is 11.9 Å². The zero-order valence-electron chi connectivity index (χ0n) is 19.3. The molecule has 4 aromatic carbocycles.